The molecule has 0 bridgehead atoms. The lowest BCUT2D eigenvalue weighted by atomic mass is 10.1. The topological polar surface area (TPSA) is 52.6 Å². The number of likely N-dealkylation sites (tertiary alicyclic amines) is 1. The predicted octanol–water partition coefficient (Wildman–Crippen LogP) is 1.77. The zero-order chi connectivity index (χ0) is 13.0. The van der Waals surface area contributed by atoms with Crippen LogP contribution in [0.5, 0.6) is 0 Å². The zero-order valence-electron chi connectivity index (χ0n) is 10.7. The molecule has 2 rings (SSSR count). The molecule has 1 aliphatic rings. The Morgan fingerprint density at radius 1 is 1.50 bits per heavy atom. The smallest absolute Gasteiger partial charge is 0.317 e. The first kappa shape index (κ1) is 12.9. The van der Waals surface area contributed by atoms with E-state index in [-0.39, 0.29) is 24.6 Å². The van der Waals surface area contributed by atoms with Gasteiger partial charge in [-0.05, 0) is 18.9 Å². The summed E-state index contributed by atoms with van der Waals surface area (Å²) in [6.45, 7) is 3.53. The molecule has 1 aliphatic heterocycles. The van der Waals surface area contributed by atoms with Crippen LogP contribution in [0.4, 0.5) is 4.79 Å². The second-order valence-corrected chi connectivity index (χ2v) is 4.87. The zero-order valence-corrected chi connectivity index (χ0v) is 10.7. The summed E-state index contributed by atoms with van der Waals surface area (Å²) in [6, 6.07) is 9.88. The van der Waals surface area contributed by atoms with Crippen molar-refractivity contribution < 1.29 is 9.90 Å². The summed E-state index contributed by atoms with van der Waals surface area (Å²) in [7, 11) is 0. The minimum atomic E-state index is -0.0395. The van der Waals surface area contributed by atoms with Gasteiger partial charge in [0.2, 0.25) is 0 Å². The molecule has 2 N–H and O–H groups in total. The number of nitrogens with zero attached hydrogens (tertiary/aromatic N) is 1. The van der Waals surface area contributed by atoms with Crippen molar-refractivity contribution >= 4 is 6.03 Å². The summed E-state index contributed by atoms with van der Waals surface area (Å²) in [5.41, 5.74) is 1.10. The van der Waals surface area contributed by atoms with Crippen molar-refractivity contribution in [2.24, 2.45) is 5.92 Å². The molecule has 2 amide bonds. The molecule has 4 heteroatoms. The molecule has 18 heavy (non-hydrogen) atoms. The highest BCUT2D eigenvalue weighted by atomic mass is 16.3. The van der Waals surface area contributed by atoms with Gasteiger partial charge in [-0.25, -0.2) is 4.79 Å². The fourth-order valence-electron chi connectivity index (χ4n) is 2.27. The molecule has 1 aromatic rings. The van der Waals surface area contributed by atoms with Crippen LogP contribution in [0.25, 0.3) is 0 Å². The molecule has 2 unspecified atom stereocenters. The molecule has 0 radical (unpaired) electrons. The van der Waals surface area contributed by atoms with Gasteiger partial charge >= 0.3 is 6.03 Å². The van der Waals surface area contributed by atoms with Gasteiger partial charge in [0.15, 0.2) is 0 Å². The van der Waals surface area contributed by atoms with Crippen molar-refractivity contribution in [1.29, 1.82) is 0 Å². The van der Waals surface area contributed by atoms with Crippen molar-refractivity contribution in [2.45, 2.75) is 19.4 Å². The van der Waals surface area contributed by atoms with Gasteiger partial charge in [0, 0.05) is 25.6 Å². The largest absolute Gasteiger partial charge is 0.396 e. The van der Waals surface area contributed by atoms with Crippen molar-refractivity contribution in [2.75, 3.05) is 19.7 Å². The first-order chi connectivity index (χ1) is 8.70. The fraction of sp³-hybridized carbons (Fsp3) is 0.500. The number of nitrogens with one attached hydrogen (secondary N) is 1. The van der Waals surface area contributed by atoms with Crippen LogP contribution in [0.1, 0.15) is 24.9 Å². The second-order valence-electron chi connectivity index (χ2n) is 4.87. The number of hydrogen-bond donors (Lipinski definition) is 2. The van der Waals surface area contributed by atoms with Crippen molar-refractivity contribution in [3.63, 3.8) is 0 Å². The highest BCUT2D eigenvalue weighted by Crippen LogP contribution is 2.17. The van der Waals surface area contributed by atoms with E-state index in [2.05, 4.69) is 5.32 Å². The number of carbonyl (C=O) groups is 1. The predicted molar refractivity (Wildman–Crippen MR) is 70.2 cm³/mol. The number of hydrogen-bond acceptors (Lipinski definition) is 2. The van der Waals surface area contributed by atoms with Gasteiger partial charge in [-0.15, -0.1) is 0 Å². The average molecular weight is 248 g/mol. The number of carbonyl (C=O) groups excluding carboxylic acids is 1. The van der Waals surface area contributed by atoms with Gasteiger partial charge < -0.3 is 15.3 Å². The molecule has 1 saturated heterocycles. The van der Waals surface area contributed by atoms with Gasteiger partial charge in [-0.3, -0.25) is 0 Å². The number of rotatable bonds is 3. The molecule has 0 spiro atoms. The Morgan fingerprint density at radius 2 is 2.22 bits per heavy atom. The van der Waals surface area contributed by atoms with Crippen LogP contribution in [-0.4, -0.2) is 35.7 Å². The maximum Gasteiger partial charge on any atom is 0.317 e. The van der Waals surface area contributed by atoms with Crippen LogP contribution >= 0.6 is 0 Å². The van der Waals surface area contributed by atoms with Gasteiger partial charge in [0.25, 0.3) is 0 Å². The van der Waals surface area contributed by atoms with E-state index < -0.39 is 0 Å². The van der Waals surface area contributed by atoms with E-state index in [0.717, 1.165) is 18.5 Å². The molecule has 1 fully saturated rings. The molecule has 1 aromatic carbocycles. The summed E-state index contributed by atoms with van der Waals surface area (Å²) < 4.78 is 0. The maximum atomic E-state index is 12.0. The average Bonchev–Trinajstić information content (AvgIpc) is 2.88. The minimum absolute atomic E-state index is 0.00637. The highest BCUT2D eigenvalue weighted by molar-refractivity contribution is 5.75. The number of benzene rings is 1. The lowest BCUT2D eigenvalue weighted by molar-refractivity contribution is 0.195. The van der Waals surface area contributed by atoms with Gasteiger partial charge in [-0.2, -0.15) is 0 Å². The van der Waals surface area contributed by atoms with E-state index >= 15 is 0 Å². The summed E-state index contributed by atoms with van der Waals surface area (Å²) in [5, 5.41) is 12.1. The monoisotopic (exact) mass is 248 g/mol. The SMILES string of the molecule is CC(NC(=O)N1CCC(CO)C1)c1ccccc1. The quantitative estimate of drug-likeness (QED) is 0.856. The first-order valence-corrected chi connectivity index (χ1v) is 6.42. The third-order valence-electron chi connectivity index (χ3n) is 3.47. The molecule has 0 aliphatic carbocycles. The summed E-state index contributed by atoms with van der Waals surface area (Å²) in [5.74, 6) is 0.239. The number of aliphatic hydroxyl groups excluding tert-OH is 1. The standard InChI is InChI=1S/C14H20N2O2/c1-11(13-5-3-2-4-6-13)15-14(18)16-8-7-12(9-16)10-17/h2-6,11-12,17H,7-10H2,1H3,(H,15,18). The molecule has 0 aromatic heterocycles. The van der Waals surface area contributed by atoms with E-state index in [1.54, 1.807) is 4.90 Å². The summed E-state index contributed by atoms with van der Waals surface area (Å²) >= 11 is 0. The lowest BCUT2D eigenvalue weighted by Gasteiger charge is -2.21. The molecule has 2 atom stereocenters. The van der Waals surface area contributed by atoms with Gasteiger partial charge in [-0.1, -0.05) is 30.3 Å². The van der Waals surface area contributed by atoms with Crippen LogP contribution in [0.15, 0.2) is 30.3 Å². The van der Waals surface area contributed by atoms with E-state index in [0.29, 0.717) is 6.54 Å². The van der Waals surface area contributed by atoms with Crippen LogP contribution in [-0.2, 0) is 0 Å². The fourth-order valence-corrected chi connectivity index (χ4v) is 2.27. The van der Waals surface area contributed by atoms with Crippen LogP contribution < -0.4 is 5.32 Å². The van der Waals surface area contributed by atoms with Crippen LogP contribution in [0, 0.1) is 5.92 Å². The number of urea groups is 1. The molecule has 1 heterocycles. The lowest BCUT2D eigenvalue weighted by Crippen LogP contribution is -2.39. The molecular formula is C14H20N2O2. The van der Waals surface area contributed by atoms with Crippen LogP contribution in [0.3, 0.4) is 0 Å². The van der Waals surface area contributed by atoms with Gasteiger partial charge in [0.05, 0.1) is 6.04 Å². The Labute approximate surface area is 108 Å². The second kappa shape index (κ2) is 5.87. The van der Waals surface area contributed by atoms with E-state index in [4.69, 9.17) is 5.11 Å². The summed E-state index contributed by atoms with van der Waals surface area (Å²) in [6.07, 6.45) is 0.892. The molecule has 4 nitrogen and oxygen atoms in total. The normalized spacial score (nSPS) is 20.8. The molecular weight excluding hydrogens is 228 g/mol. The first-order valence-electron chi connectivity index (χ1n) is 6.42. The maximum absolute atomic E-state index is 12.0. The van der Waals surface area contributed by atoms with Gasteiger partial charge in [0.1, 0.15) is 0 Å². The number of amides is 2. The minimum Gasteiger partial charge on any atom is -0.396 e. The van der Waals surface area contributed by atoms with Crippen molar-refractivity contribution in [1.82, 2.24) is 10.2 Å². The third-order valence-corrected chi connectivity index (χ3v) is 3.47. The molecule has 98 valence electrons. The van der Waals surface area contributed by atoms with Crippen LogP contribution in [0.2, 0.25) is 0 Å². The Bertz CT molecular complexity index is 394. The molecule has 0 saturated carbocycles. The highest BCUT2D eigenvalue weighted by Gasteiger charge is 2.26. The summed E-state index contributed by atoms with van der Waals surface area (Å²) in [4.78, 5) is 13.8. The Kier molecular flexibility index (Phi) is 4.20. The van der Waals surface area contributed by atoms with Crippen molar-refractivity contribution in [3.05, 3.63) is 35.9 Å². The van der Waals surface area contributed by atoms with Crippen molar-refractivity contribution in [3.8, 4) is 0 Å². The Hall–Kier alpha value is -1.55. The van der Waals surface area contributed by atoms with E-state index in [1.807, 2.05) is 37.3 Å². The number of aliphatic hydroxyl groups is 1. The van der Waals surface area contributed by atoms with E-state index in [9.17, 15) is 4.79 Å². The van der Waals surface area contributed by atoms with E-state index in [1.165, 1.54) is 0 Å². The Balaban J connectivity index is 1.88. The third kappa shape index (κ3) is 3.01. The Morgan fingerprint density at radius 3 is 2.83 bits per heavy atom.